The minimum absolute atomic E-state index is 0.0402. The van der Waals surface area contributed by atoms with Crippen molar-refractivity contribution in [1.29, 1.82) is 0 Å². The highest BCUT2D eigenvalue weighted by Gasteiger charge is 2.26. The molecule has 0 aliphatic carbocycles. The molecule has 0 atom stereocenters. The summed E-state index contributed by atoms with van der Waals surface area (Å²) in [6.07, 6.45) is 1.68. The topological polar surface area (TPSA) is 42.4 Å². The van der Waals surface area contributed by atoms with Crippen molar-refractivity contribution < 1.29 is 9.53 Å². The highest BCUT2D eigenvalue weighted by Crippen LogP contribution is 2.25. The molecule has 0 N–H and O–H groups in total. The summed E-state index contributed by atoms with van der Waals surface area (Å²) in [5.41, 5.74) is 2.26. The van der Waals surface area contributed by atoms with Crippen molar-refractivity contribution in [3.05, 3.63) is 35.9 Å². The van der Waals surface area contributed by atoms with E-state index < -0.39 is 0 Å². The molecular formula is C18H22N2O2. The van der Waals surface area contributed by atoms with Crippen LogP contribution < -0.4 is 4.90 Å². The number of esters is 1. The number of ether oxygens (including phenoxy) is 1. The maximum Gasteiger partial charge on any atom is 0.309 e. The number of carbonyl (C=O) groups is 1. The summed E-state index contributed by atoms with van der Waals surface area (Å²) in [5.74, 6) is 0.993. The fraction of sp³-hybridized carbons (Fsp3) is 0.444. The van der Waals surface area contributed by atoms with E-state index in [1.54, 1.807) is 0 Å². The summed E-state index contributed by atoms with van der Waals surface area (Å²) in [4.78, 5) is 18.9. The molecule has 0 unspecified atom stereocenters. The van der Waals surface area contributed by atoms with Crippen LogP contribution in [-0.4, -0.2) is 30.6 Å². The fourth-order valence-corrected chi connectivity index (χ4v) is 3.07. The van der Waals surface area contributed by atoms with Crippen LogP contribution >= 0.6 is 0 Å². The van der Waals surface area contributed by atoms with Gasteiger partial charge in [0.15, 0.2) is 0 Å². The zero-order chi connectivity index (χ0) is 15.5. The zero-order valence-electron chi connectivity index (χ0n) is 13.2. The van der Waals surface area contributed by atoms with Crippen LogP contribution in [0.15, 0.2) is 30.3 Å². The maximum atomic E-state index is 11.8. The van der Waals surface area contributed by atoms with Gasteiger partial charge in [-0.1, -0.05) is 18.2 Å². The van der Waals surface area contributed by atoms with E-state index in [-0.39, 0.29) is 11.9 Å². The van der Waals surface area contributed by atoms with E-state index in [4.69, 9.17) is 9.72 Å². The number of para-hydroxylation sites is 1. The lowest BCUT2D eigenvalue weighted by Crippen LogP contribution is -2.37. The molecule has 22 heavy (non-hydrogen) atoms. The standard InChI is InChI=1S/C18H22N2O2/c1-3-22-18(21)15-9-11-20(12-10-15)16-8-7-14-6-4-5-13(2)17(14)19-16/h4-8,15H,3,9-12H2,1-2H3. The first-order valence-corrected chi connectivity index (χ1v) is 7.97. The van der Waals surface area contributed by atoms with Crippen LogP contribution in [0.1, 0.15) is 25.3 Å². The lowest BCUT2D eigenvalue weighted by Gasteiger charge is -2.31. The third-order valence-corrected chi connectivity index (χ3v) is 4.35. The molecule has 1 fully saturated rings. The van der Waals surface area contributed by atoms with Gasteiger partial charge in [-0.3, -0.25) is 4.79 Å². The summed E-state index contributed by atoms with van der Waals surface area (Å²) < 4.78 is 5.12. The van der Waals surface area contributed by atoms with Crippen molar-refractivity contribution in [2.24, 2.45) is 5.92 Å². The predicted molar refractivity (Wildman–Crippen MR) is 88.1 cm³/mol. The Balaban J connectivity index is 1.74. The van der Waals surface area contributed by atoms with Crippen LogP contribution in [0.25, 0.3) is 10.9 Å². The number of hydrogen-bond donors (Lipinski definition) is 0. The van der Waals surface area contributed by atoms with Crippen LogP contribution in [-0.2, 0) is 9.53 Å². The Bertz CT molecular complexity index is 676. The van der Waals surface area contributed by atoms with E-state index in [9.17, 15) is 4.79 Å². The Morgan fingerprint density at radius 2 is 2.05 bits per heavy atom. The summed E-state index contributed by atoms with van der Waals surface area (Å²) in [6.45, 7) is 6.12. The van der Waals surface area contributed by atoms with E-state index in [0.29, 0.717) is 6.61 Å². The van der Waals surface area contributed by atoms with Gasteiger partial charge in [-0.2, -0.15) is 0 Å². The van der Waals surface area contributed by atoms with Crippen LogP contribution in [0.4, 0.5) is 5.82 Å². The number of anilines is 1. The van der Waals surface area contributed by atoms with E-state index in [1.165, 1.54) is 10.9 Å². The molecule has 4 nitrogen and oxygen atoms in total. The van der Waals surface area contributed by atoms with E-state index in [1.807, 2.05) is 6.92 Å². The Hall–Kier alpha value is -2.10. The Kier molecular flexibility index (Phi) is 4.27. The first kappa shape index (κ1) is 14.8. The Labute approximate surface area is 131 Å². The molecule has 0 bridgehead atoms. The smallest absolute Gasteiger partial charge is 0.309 e. The molecule has 1 aliphatic heterocycles. The second-order valence-corrected chi connectivity index (χ2v) is 5.83. The Morgan fingerprint density at radius 1 is 1.27 bits per heavy atom. The molecule has 1 aliphatic rings. The van der Waals surface area contributed by atoms with Gasteiger partial charge in [0.05, 0.1) is 18.0 Å². The molecule has 0 spiro atoms. The number of pyridine rings is 1. The van der Waals surface area contributed by atoms with Gasteiger partial charge in [-0.15, -0.1) is 0 Å². The van der Waals surface area contributed by atoms with E-state index in [2.05, 4.69) is 42.2 Å². The highest BCUT2D eigenvalue weighted by molar-refractivity contribution is 5.83. The van der Waals surface area contributed by atoms with Gasteiger partial charge in [0.25, 0.3) is 0 Å². The molecule has 0 saturated carbocycles. The number of benzene rings is 1. The first-order valence-electron chi connectivity index (χ1n) is 7.97. The zero-order valence-corrected chi connectivity index (χ0v) is 13.2. The molecule has 1 aromatic carbocycles. The second kappa shape index (κ2) is 6.34. The van der Waals surface area contributed by atoms with Gasteiger partial charge in [0, 0.05) is 18.5 Å². The number of piperidine rings is 1. The minimum Gasteiger partial charge on any atom is -0.466 e. The van der Waals surface area contributed by atoms with Crippen LogP contribution in [0.5, 0.6) is 0 Å². The van der Waals surface area contributed by atoms with Crippen LogP contribution in [0.2, 0.25) is 0 Å². The van der Waals surface area contributed by atoms with Crippen molar-refractivity contribution in [2.75, 3.05) is 24.6 Å². The number of fused-ring (bicyclic) bond motifs is 1. The van der Waals surface area contributed by atoms with E-state index >= 15 is 0 Å². The maximum absolute atomic E-state index is 11.8. The number of aryl methyl sites for hydroxylation is 1. The molecule has 2 heterocycles. The van der Waals surface area contributed by atoms with Crippen molar-refractivity contribution in [2.45, 2.75) is 26.7 Å². The Morgan fingerprint density at radius 3 is 2.77 bits per heavy atom. The lowest BCUT2D eigenvalue weighted by atomic mass is 9.97. The molecule has 1 saturated heterocycles. The van der Waals surface area contributed by atoms with Crippen molar-refractivity contribution >= 4 is 22.7 Å². The van der Waals surface area contributed by atoms with Gasteiger partial charge < -0.3 is 9.64 Å². The molecule has 4 heteroatoms. The summed E-state index contributed by atoms with van der Waals surface area (Å²) in [5, 5.41) is 1.17. The number of rotatable bonds is 3. The van der Waals surface area contributed by atoms with Crippen LogP contribution in [0.3, 0.4) is 0 Å². The fourth-order valence-electron chi connectivity index (χ4n) is 3.07. The van der Waals surface area contributed by atoms with Gasteiger partial charge in [-0.05, 0) is 44.4 Å². The third-order valence-electron chi connectivity index (χ3n) is 4.35. The summed E-state index contributed by atoms with van der Waals surface area (Å²) in [6, 6.07) is 10.4. The summed E-state index contributed by atoms with van der Waals surface area (Å²) in [7, 11) is 0. The normalized spacial score (nSPS) is 16.0. The third kappa shape index (κ3) is 2.91. The predicted octanol–water partition coefficient (Wildman–Crippen LogP) is 3.32. The lowest BCUT2D eigenvalue weighted by molar-refractivity contribution is -0.148. The monoisotopic (exact) mass is 298 g/mol. The van der Waals surface area contributed by atoms with Gasteiger partial charge in [-0.25, -0.2) is 4.98 Å². The average Bonchev–Trinajstić information content (AvgIpc) is 2.55. The van der Waals surface area contributed by atoms with Crippen molar-refractivity contribution in [3.63, 3.8) is 0 Å². The molecule has 2 aromatic rings. The SMILES string of the molecule is CCOC(=O)C1CCN(c2ccc3cccc(C)c3n2)CC1. The first-order chi connectivity index (χ1) is 10.7. The van der Waals surface area contributed by atoms with Gasteiger partial charge in [0.2, 0.25) is 0 Å². The number of nitrogens with zero attached hydrogens (tertiary/aromatic N) is 2. The molecular weight excluding hydrogens is 276 g/mol. The minimum atomic E-state index is -0.0514. The molecule has 116 valence electrons. The van der Waals surface area contributed by atoms with Crippen LogP contribution in [0, 0.1) is 12.8 Å². The van der Waals surface area contributed by atoms with Gasteiger partial charge in [0.1, 0.15) is 5.82 Å². The van der Waals surface area contributed by atoms with Crippen molar-refractivity contribution in [3.8, 4) is 0 Å². The number of aromatic nitrogens is 1. The molecule has 3 rings (SSSR count). The molecule has 0 amide bonds. The van der Waals surface area contributed by atoms with E-state index in [0.717, 1.165) is 37.3 Å². The largest absolute Gasteiger partial charge is 0.466 e. The second-order valence-electron chi connectivity index (χ2n) is 5.83. The molecule has 1 aromatic heterocycles. The molecule has 0 radical (unpaired) electrons. The number of carbonyl (C=O) groups excluding carboxylic acids is 1. The number of hydrogen-bond acceptors (Lipinski definition) is 4. The average molecular weight is 298 g/mol. The van der Waals surface area contributed by atoms with Gasteiger partial charge >= 0.3 is 5.97 Å². The van der Waals surface area contributed by atoms with Crippen molar-refractivity contribution in [1.82, 2.24) is 4.98 Å². The highest BCUT2D eigenvalue weighted by atomic mass is 16.5. The summed E-state index contributed by atoms with van der Waals surface area (Å²) >= 11 is 0. The quantitative estimate of drug-likeness (QED) is 0.815.